The number of ether oxygens (including phenoxy) is 1. The fraction of sp³-hybridized carbons (Fsp3) is 1.00. The summed E-state index contributed by atoms with van der Waals surface area (Å²) in [5.41, 5.74) is 0. The van der Waals surface area contributed by atoms with Gasteiger partial charge in [0.2, 0.25) is 0 Å². The Morgan fingerprint density at radius 1 is 1.17 bits per heavy atom. The van der Waals surface area contributed by atoms with E-state index in [0.717, 1.165) is 13.7 Å². The molecule has 1 aliphatic heterocycles. The minimum Gasteiger partial charge on any atom is -0.400 e. The largest absolute Gasteiger partial charge is 0.400 e. The Hall–Kier alpha value is -0.0800. The minimum atomic E-state index is 0.654. The number of unbranched alkanes of at least 4 members (excludes halogenated alkanes) is 4. The average Bonchev–Trinajstić information content (AvgIpc) is 2.92. The number of epoxide rings is 1. The normalized spacial score (nSPS) is 19.8. The molecule has 1 fully saturated rings. The fourth-order valence-corrected chi connectivity index (χ4v) is 1.21. The first kappa shape index (κ1) is 11.9. The smallest absolute Gasteiger partial charge is 0.0810 e. The van der Waals surface area contributed by atoms with E-state index in [4.69, 9.17) is 9.84 Å². The van der Waals surface area contributed by atoms with Crippen molar-refractivity contribution in [2.24, 2.45) is 0 Å². The highest BCUT2D eigenvalue weighted by Gasteiger charge is 2.20. The Kier molecular flexibility index (Phi) is 8.95. The Bertz CT molecular complexity index is 79.9. The van der Waals surface area contributed by atoms with Crippen molar-refractivity contribution >= 4 is 0 Å². The molecule has 0 radical (unpaired) electrons. The van der Waals surface area contributed by atoms with Gasteiger partial charge in [0.25, 0.3) is 0 Å². The molecule has 12 heavy (non-hydrogen) atoms. The summed E-state index contributed by atoms with van der Waals surface area (Å²) in [4.78, 5) is 0. The van der Waals surface area contributed by atoms with Crippen LogP contribution >= 0.6 is 0 Å². The Balaban J connectivity index is 0.000000561. The molecule has 2 nitrogen and oxygen atoms in total. The predicted molar refractivity (Wildman–Crippen MR) is 51.3 cm³/mol. The van der Waals surface area contributed by atoms with Crippen molar-refractivity contribution in [3.63, 3.8) is 0 Å². The van der Waals surface area contributed by atoms with Crippen molar-refractivity contribution < 1.29 is 9.84 Å². The van der Waals surface area contributed by atoms with Crippen LogP contribution in [0.15, 0.2) is 0 Å². The number of hydrogen-bond acceptors (Lipinski definition) is 2. The van der Waals surface area contributed by atoms with Crippen LogP contribution in [0.4, 0.5) is 0 Å². The van der Waals surface area contributed by atoms with E-state index in [1.807, 2.05) is 0 Å². The second kappa shape index (κ2) is 9.01. The second-order valence-corrected chi connectivity index (χ2v) is 3.16. The fourth-order valence-electron chi connectivity index (χ4n) is 1.21. The van der Waals surface area contributed by atoms with E-state index >= 15 is 0 Å². The van der Waals surface area contributed by atoms with Gasteiger partial charge in [-0.25, -0.2) is 0 Å². The molecular formula is C10H22O2. The van der Waals surface area contributed by atoms with E-state index in [2.05, 4.69) is 6.92 Å². The van der Waals surface area contributed by atoms with Gasteiger partial charge in [0.15, 0.2) is 0 Å². The van der Waals surface area contributed by atoms with Crippen LogP contribution < -0.4 is 0 Å². The molecule has 0 aromatic carbocycles. The van der Waals surface area contributed by atoms with Crippen LogP contribution in [0, 0.1) is 0 Å². The highest BCUT2D eigenvalue weighted by molar-refractivity contribution is 4.67. The van der Waals surface area contributed by atoms with Gasteiger partial charge in [-0.1, -0.05) is 39.0 Å². The average molecular weight is 174 g/mol. The SMILES string of the molecule is CCCCCCC[C@@H]1CO1.CO. The summed E-state index contributed by atoms with van der Waals surface area (Å²) >= 11 is 0. The summed E-state index contributed by atoms with van der Waals surface area (Å²) in [7, 11) is 1.00. The van der Waals surface area contributed by atoms with Gasteiger partial charge in [0.1, 0.15) is 0 Å². The van der Waals surface area contributed by atoms with E-state index in [9.17, 15) is 0 Å². The molecule has 74 valence electrons. The lowest BCUT2D eigenvalue weighted by Crippen LogP contribution is -1.84. The highest BCUT2D eigenvalue weighted by Crippen LogP contribution is 2.17. The van der Waals surface area contributed by atoms with Crippen LogP contribution in [0.25, 0.3) is 0 Å². The Morgan fingerprint density at radius 3 is 2.25 bits per heavy atom. The molecule has 1 atom stereocenters. The number of rotatable bonds is 6. The van der Waals surface area contributed by atoms with Crippen LogP contribution in [0.5, 0.6) is 0 Å². The first-order chi connectivity index (χ1) is 5.93. The van der Waals surface area contributed by atoms with Crippen LogP contribution in [0.3, 0.4) is 0 Å². The third kappa shape index (κ3) is 8.02. The molecule has 0 amide bonds. The number of aliphatic hydroxyl groups is 1. The molecular weight excluding hydrogens is 152 g/mol. The summed E-state index contributed by atoms with van der Waals surface area (Å²) in [5.74, 6) is 0. The molecule has 0 saturated carbocycles. The van der Waals surface area contributed by atoms with Crippen molar-refractivity contribution in [3.05, 3.63) is 0 Å². The van der Waals surface area contributed by atoms with Crippen molar-refractivity contribution in [2.75, 3.05) is 13.7 Å². The van der Waals surface area contributed by atoms with Gasteiger partial charge in [-0.3, -0.25) is 0 Å². The van der Waals surface area contributed by atoms with Gasteiger partial charge in [-0.2, -0.15) is 0 Å². The van der Waals surface area contributed by atoms with Gasteiger partial charge in [0.05, 0.1) is 12.7 Å². The van der Waals surface area contributed by atoms with Crippen molar-refractivity contribution in [1.29, 1.82) is 0 Å². The zero-order valence-electron chi connectivity index (χ0n) is 8.38. The van der Waals surface area contributed by atoms with E-state index in [-0.39, 0.29) is 0 Å². The summed E-state index contributed by atoms with van der Waals surface area (Å²) < 4.78 is 5.12. The molecule has 1 heterocycles. The summed E-state index contributed by atoms with van der Waals surface area (Å²) in [6.45, 7) is 3.29. The van der Waals surface area contributed by atoms with Crippen LogP contribution in [-0.4, -0.2) is 24.9 Å². The third-order valence-electron chi connectivity index (χ3n) is 2.03. The van der Waals surface area contributed by atoms with Crippen LogP contribution in [0.1, 0.15) is 45.4 Å². The zero-order chi connectivity index (χ0) is 9.23. The monoisotopic (exact) mass is 174 g/mol. The summed E-state index contributed by atoms with van der Waals surface area (Å²) in [6, 6.07) is 0. The summed E-state index contributed by atoms with van der Waals surface area (Å²) in [6.07, 6.45) is 8.93. The van der Waals surface area contributed by atoms with Gasteiger partial charge >= 0.3 is 0 Å². The molecule has 0 aliphatic carbocycles. The molecule has 1 N–H and O–H groups in total. The maximum atomic E-state index is 7.00. The Labute approximate surface area is 75.9 Å². The predicted octanol–water partition coefficient (Wildman–Crippen LogP) is 2.35. The van der Waals surface area contributed by atoms with Crippen molar-refractivity contribution in [1.82, 2.24) is 0 Å². The van der Waals surface area contributed by atoms with Crippen molar-refractivity contribution in [2.45, 2.75) is 51.6 Å². The topological polar surface area (TPSA) is 32.8 Å². The van der Waals surface area contributed by atoms with E-state index in [0.29, 0.717) is 6.10 Å². The number of hydrogen-bond donors (Lipinski definition) is 1. The quantitative estimate of drug-likeness (QED) is 0.495. The first-order valence-electron chi connectivity index (χ1n) is 5.00. The molecule has 0 unspecified atom stereocenters. The standard InChI is InChI=1S/C9H18O.CH4O/c1-2-3-4-5-6-7-9-8-10-9;1-2/h9H,2-8H2,1H3;2H,1H3/t9-;/m1./s1. The molecule has 1 rings (SSSR count). The van der Waals surface area contributed by atoms with Crippen molar-refractivity contribution in [3.8, 4) is 0 Å². The van der Waals surface area contributed by atoms with Gasteiger partial charge in [-0.05, 0) is 6.42 Å². The van der Waals surface area contributed by atoms with Gasteiger partial charge in [-0.15, -0.1) is 0 Å². The van der Waals surface area contributed by atoms with Crippen LogP contribution in [-0.2, 0) is 4.74 Å². The van der Waals surface area contributed by atoms with E-state index in [1.165, 1.54) is 38.5 Å². The maximum Gasteiger partial charge on any atom is 0.0810 e. The summed E-state index contributed by atoms with van der Waals surface area (Å²) in [5, 5.41) is 7.00. The second-order valence-electron chi connectivity index (χ2n) is 3.16. The molecule has 1 saturated heterocycles. The lowest BCUT2D eigenvalue weighted by atomic mass is 10.1. The van der Waals surface area contributed by atoms with Gasteiger partial charge in [0, 0.05) is 7.11 Å². The van der Waals surface area contributed by atoms with E-state index in [1.54, 1.807) is 0 Å². The highest BCUT2D eigenvalue weighted by atomic mass is 16.6. The molecule has 2 heteroatoms. The lowest BCUT2D eigenvalue weighted by Gasteiger charge is -1.96. The lowest BCUT2D eigenvalue weighted by molar-refractivity contribution is 0.388. The first-order valence-corrected chi connectivity index (χ1v) is 5.00. The molecule has 1 aliphatic rings. The Morgan fingerprint density at radius 2 is 1.75 bits per heavy atom. The zero-order valence-corrected chi connectivity index (χ0v) is 8.38. The van der Waals surface area contributed by atoms with E-state index < -0.39 is 0 Å². The molecule has 0 aromatic heterocycles. The van der Waals surface area contributed by atoms with Gasteiger partial charge < -0.3 is 9.84 Å². The minimum absolute atomic E-state index is 0.654. The molecule has 0 aromatic rings. The number of aliphatic hydroxyl groups excluding tert-OH is 1. The molecule has 0 bridgehead atoms. The maximum absolute atomic E-state index is 7.00. The van der Waals surface area contributed by atoms with Crippen LogP contribution in [0.2, 0.25) is 0 Å². The molecule has 0 spiro atoms. The third-order valence-corrected chi connectivity index (χ3v) is 2.03.